The summed E-state index contributed by atoms with van der Waals surface area (Å²) >= 11 is 6.14. The van der Waals surface area contributed by atoms with Crippen molar-refractivity contribution in [1.82, 2.24) is 0 Å². The number of alkyl halides is 1. The second-order valence-electron chi connectivity index (χ2n) is 6.04. The number of halogens is 1. The van der Waals surface area contributed by atoms with E-state index in [-0.39, 0.29) is 18.9 Å². The third-order valence-electron chi connectivity index (χ3n) is 4.17. The van der Waals surface area contributed by atoms with Crippen LogP contribution in [0.1, 0.15) is 0 Å². The lowest BCUT2D eigenvalue weighted by Gasteiger charge is -2.30. The number of phenolic OH excluding ortho intramolecular Hbond substituents is 1. The molecule has 0 heterocycles. The Morgan fingerprint density at radius 2 is 2.04 bits per heavy atom. The molecule has 0 spiro atoms. The van der Waals surface area contributed by atoms with E-state index < -0.39 is 20.3 Å². The number of aromatic hydroxyl groups is 1. The van der Waals surface area contributed by atoms with E-state index in [0.29, 0.717) is 5.69 Å². The molecule has 0 amide bonds. The summed E-state index contributed by atoms with van der Waals surface area (Å²) in [7, 11) is -4.08. The first-order valence-corrected chi connectivity index (χ1v) is 10.3. The van der Waals surface area contributed by atoms with Crippen LogP contribution in [0.4, 0.5) is 5.69 Å². The lowest BCUT2D eigenvalue weighted by Crippen LogP contribution is -2.48. The van der Waals surface area contributed by atoms with E-state index in [1.807, 2.05) is 24.3 Å². The lowest BCUT2D eigenvalue weighted by molar-refractivity contribution is 0.0868. The summed E-state index contributed by atoms with van der Waals surface area (Å²) < 4.78 is 27.2. The fraction of sp³-hybridized carbons (Fsp3) is 0.222. The Hall–Kier alpha value is -2.46. The number of phenols is 1. The molecule has 3 rings (SSSR count). The number of rotatable bonds is 7. The summed E-state index contributed by atoms with van der Waals surface area (Å²) in [5.41, 5.74) is 3.16. The number of ether oxygens (including phenoxy) is 1. The summed E-state index contributed by atoms with van der Waals surface area (Å²) in [4.78, 5) is 0. The molecular weight excluding hydrogens is 404 g/mol. The number of fused-ring (bicyclic) bond motifs is 1. The van der Waals surface area contributed by atoms with E-state index in [1.165, 1.54) is 18.2 Å². The molecule has 0 saturated heterocycles. The molecule has 148 valence electrons. The Kier molecular flexibility index (Phi) is 5.99. The van der Waals surface area contributed by atoms with Crippen molar-refractivity contribution in [3.63, 3.8) is 0 Å². The summed E-state index contributed by atoms with van der Waals surface area (Å²) in [6.07, 6.45) is 4.97. The quantitative estimate of drug-likeness (QED) is 0.208. The molecule has 2 unspecified atom stereocenters. The van der Waals surface area contributed by atoms with Gasteiger partial charge in [-0.3, -0.25) is 5.43 Å². The van der Waals surface area contributed by atoms with Gasteiger partial charge in [-0.05, 0) is 17.5 Å². The van der Waals surface area contributed by atoms with E-state index in [0.717, 1.165) is 10.8 Å². The van der Waals surface area contributed by atoms with Gasteiger partial charge in [-0.2, -0.15) is 5.11 Å². The molecule has 8 nitrogen and oxygen atoms in total. The molecule has 0 aromatic heterocycles. The summed E-state index contributed by atoms with van der Waals surface area (Å²) in [5.74, 6) is 0.0492. The van der Waals surface area contributed by atoms with Crippen molar-refractivity contribution in [1.29, 1.82) is 0 Å². The maximum atomic E-state index is 11.8. The Labute approximate surface area is 167 Å². The number of benzene rings is 2. The van der Waals surface area contributed by atoms with Crippen LogP contribution in [-0.4, -0.2) is 37.0 Å². The van der Waals surface area contributed by atoms with Gasteiger partial charge in [-0.1, -0.05) is 65.4 Å². The first-order valence-electron chi connectivity index (χ1n) is 8.35. The van der Waals surface area contributed by atoms with Crippen LogP contribution >= 0.6 is 11.6 Å². The van der Waals surface area contributed by atoms with Crippen LogP contribution in [0.5, 0.6) is 5.75 Å². The maximum Gasteiger partial charge on any atom is 0.235 e. The van der Waals surface area contributed by atoms with Gasteiger partial charge in [0, 0.05) is 5.39 Å². The summed E-state index contributed by atoms with van der Waals surface area (Å²) in [5, 5.41) is 24.8. The van der Waals surface area contributed by atoms with Crippen molar-refractivity contribution in [2.45, 2.75) is 10.3 Å². The predicted octanol–water partition coefficient (Wildman–Crippen LogP) is 3.06. The maximum absolute atomic E-state index is 11.8. The normalized spacial score (nSPS) is 22.1. The highest BCUT2D eigenvalue weighted by molar-refractivity contribution is 7.92. The number of sulfonamides is 1. The third kappa shape index (κ3) is 4.17. The highest BCUT2D eigenvalue weighted by atomic mass is 35.5. The number of nitrogens with two attached hydrogens (primary N) is 1. The van der Waals surface area contributed by atoms with E-state index in [9.17, 15) is 13.5 Å². The summed E-state index contributed by atoms with van der Waals surface area (Å²) in [6.45, 7) is 0.212. The Morgan fingerprint density at radius 1 is 1.25 bits per heavy atom. The zero-order valence-corrected chi connectivity index (χ0v) is 16.3. The number of anilines is 1. The number of allylic oxidation sites excluding steroid dienone is 2. The topological polar surface area (TPSA) is 126 Å². The van der Waals surface area contributed by atoms with Crippen molar-refractivity contribution in [2.24, 2.45) is 15.5 Å². The second kappa shape index (κ2) is 8.27. The third-order valence-corrected chi connectivity index (χ3v) is 6.40. The van der Waals surface area contributed by atoms with Gasteiger partial charge in [0.1, 0.15) is 17.5 Å². The largest absolute Gasteiger partial charge is 0.506 e. The van der Waals surface area contributed by atoms with Crippen molar-refractivity contribution in [3.8, 4) is 5.75 Å². The fourth-order valence-corrected chi connectivity index (χ4v) is 3.68. The standard InChI is InChI=1S/C18H19ClN4O4S/c19-18(28(20,25)26)10-4-3-7-16(18)27-12-11-21-23-22-17-14-6-2-1-5-13(14)8-9-15(17)24/h1-10,16,24H,11-12H2,(H,21,22)(H2,20,25,26). The average molecular weight is 423 g/mol. The molecule has 0 radical (unpaired) electrons. The van der Waals surface area contributed by atoms with E-state index in [1.54, 1.807) is 18.2 Å². The summed E-state index contributed by atoms with van der Waals surface area (Å²) in [6, 6.07) is 10.9. The first-order chi connectivity index (χ1) is 13.3. The average Bonchev–Trinajstić information content (AvgIpc) is 2.66. The van der Waals surface area contributed by atoms with Gasteiger partial charge < -0.3 is 9.84 Å². The number of hydrogen-bond acceptors (Lipinski definition) is 6. The Bertz CT molecular complexity index is 1050. The highest BCUT2D eigenvalue weighted by Gasteiger charge is 2.45. The molecule has 2 atom stereocenters. The van der Waals surface area contributed by atoms with Gasteiger partial charge in [0.15, 0.2) is 0 Å². The Balaban J connectivity index is 1.58. The molecule has 28 heavy (non-hydrogen) atoms. The molecule has 0 aliphatic heterocycles. The minimum absolute atomic E-state index is 0.0492. The van der Waals surface area contributed by atoms with Gasteiger partial charge in [-0.25, -0.2) is 13.6 Å². The molecule has 1 aliphatic carbocycles. The van der Waals surface area contributed by atoms with Gasteiger partial charge in [-0.15, -0.1) is 0 Å². The minimum Gasteiger partial charge on any atom is -0.506 e. The molecule has 10 heteroatoms. The van der Waals surface area contributed by atoms with Crippen molar-refractivity contribution in [3.05, 3.63) is 60.7 Å². The van der Waals surface area contributed by atoms with Crippen LogP contribution in [0, 0.1) is 0 Å². The molecule has 4 N–H and O–H groups in total. The lowest BCUT2D eigenvalue weighted by atomic mass is 10.1. The van der Waals surface area contributed by atoms with Crippen LogP contribution < -0.4 is 10.6 Å². The molecule has 1 aliphatic rings. The molecule has 0 fully saturated rings. The SMILES string of the molecule is NS(=O)(=O)C1(Cl)C=CC=CC1OCCN=NNc1c(O)ccc2ccccc12. The highest BCUT2D eigenvalue weighted by Crippen LogP contribution is 2.33. The van der Waals surface area contributed by atoms with Crippen molar-refractivity contribution >= 4 is 38.1 Å². The molecule has 2 aromatic carbocycles. The molecular formula is C18H19ClN4O4S. The van der Waals surface area contributed by atoms with Crippen LogP contribution in [0.15, 0.2) is 71.0 Å². The van der Waals surface area contributed by atoms with E-state index in [4.69, 9.17) is 21.5 Å². The van der Waals surface area contributed by atoms with Gasteiger partial charge in [0.2, 0.25) is 14.2 Å². The van der Waals surface area contributed by atoms with Crippen molar-refractivity contribution < 1.29 is 18.3 Å². The second-order valence-corrected chi connectivity index (χ2v) is 8.65. The smallest absolute Gasteiger partial charge is 0.235 e. The van der Waals surface area contributed by atoms with Crippen LogP contribution in [0.3, 0.4) is 0 Å². The minimum atomic E-state index is -4.08. The predicted molar refractivity (Wildman–Crippen MR) is 109 cm³/mol. The number of hydrogen-bond donors (Lipinski definition) is 3. The van der Waals surface area contributed by atoms with Gasteiger partial charge >= 0.3 is 0 Å². The fourth-order valence-electron chi connectivity index (χ4n) is 2.74. The van der Waals surface area contributed by atoms with Gasteiger partial charge in [0.05, 0.1) is 13.2 Å². The monoisotopic (exact) mass is 422 g/mol. The number of primary sulfonamides is 1. The zero-order chi connectivity index (χ0) is 20.2. The zero-order valence-electron chi connectivity index (χ0n) is 14.7. The van der Waals surface area contributed by atoms with Crippen LogP contribution in [0.25, 0.3) is 10.8 Å². The van der Waals surface area contributed by atoms with Gasteiger partial charge in [0.25, 0.3) is 0 Å². The van der Waals surface area contributed by atoms with E-state index in [2.05, 4.69) is 15.8 Å². The van der Waals surface area contributed by atoms with Crippen LogP contribution in [-0.2, 0) is 14.8 Å². The number of nitrogens with zero attached hydrogens (tertiary/aromatic N) is 2. The van der Waals surface area contributed by atoms with Crippen LogP contribution in [0.2, 0.25) is 0 Å². The number of nitrogens with one attached hydrogen (secondary N) is 1. The first kappa shape index (κ1) is 20.3. The molecule has 2 aromatic rings. The van der Waals surface area contributed by atoms with Crippen molar-refractivity contribution in [2.75, 3.05) is 18.6 Å². The molecule has 0 bridgehead atoms. The molecule has 0 saturated carbocycles. The Morgan fingerprint density at radius 3 is 2.82 bits per heavy atom. The van der Waals surface area contributed by atoms with E-state index >= 15 is 0 Å².